The van der Waals surface area contributed by atoms with E-state index in [2.05, 4.69) is 10.3 Å². The standard InChI is InChI=1S/C13H15F2N3O/c1-19-8-2-5-16-13-17-6-7-18(13)10-3-4-11(14)12(15)9-10/h3-4,6-7,9H,2,5,8H2,1H3,(H,16,17). The minimum atomic E-state index is -0.878. The van der Waals surface area contributed by atoms with Gasteiger partial charge in [-0.1, -0.05) is 0 Å². The van der Waals surface area contributed by atoms with E-state index in [9.17, 15) is 8.78 Å². The van der Waals surface area contributed by atoms with Crippen molar-refractivity contribution in [1.29, 1.82) is 0 Å². The van der Waals surface area contributed by atoms with E-state index in [0.717, 1.165) is 18.6 Å². The second-order valence-corrected chi connectivity index (χ2v) is 3.99. The van der Waals surface area contributed by atoms with E-state index in [4.69, 9.17) is 4.74 Å². The Morgan fingerprint density at radius 3 is 2.89 bits per heavy atom. The summed E-state index contributed by atoms with van der Waals surface area (Å²) in [6.07, 6.45) is 4.12. The molecular weight excluding hydrogens is 252 g/mol. The fourth-order valence-electron chi connectivity index (χ4n) is 1.69. The average molecular weight is 267 g/mol. The summed E-state index contributed by atoms with van der Waals surface area (Å²) in [6, 6.07) is 3.73. The number of nitrogens with one attached hydrogen (secondary N) is 1. The number of ether oxygens (including phenoxy) is 1. The number of hydrogen-bond acceptors (Lipinski definition) is 3. The molecule has 6 heteroatoms. The summed E-state index contributed by atoms with van der Waals surface area (Å²) in [5, 5.41) is 3.12. The van der Waals surface area contributed by atoms with Crippen molar-refractivity contribution in [2.45, 2.75) is 6.42 Å². The Morgan fingerprint density at radius 1 is 1.32 bits per heavy atom. The lowest BCUT2D eigenvalue weighted by molar-refractivity contribution is 0.197. The Hall–Kier alpha value is -1.95. The maximum absolute atomic E-state index is 13.2. The molecule has 0 saturated heterocycles. The Labute approximate surface area is 110 Å². The molecule has 0 aliphatic heterocycles. The van der Waals surface area contributed by atoms with Crippen LogP contribution in [0.25, 0.3) is 5.69 Å². The molecule has 0 aliphatic carbocycles. The minimum Gasteiger partial charge on any atom is -0.385 e. The third-order valence-electron chi connectivity index (χ3n) is 2.63. The Morgan fingerprint density at radius 2 is 2.16 bits per heavy atom. The molecule has 2 aromatic rings. The van der Waals surface area contributed by atoms with E-state index in [0.29, 0.717) is 24.8 Å². The molecule has 0 radical (unpaired) electrons. The van der Waals surface area contributed by atoms with Gasteiger partial charge in [0.25, 0.3) is 0 Å². The molecule has 0 unspecified atom stereocenters. The van der Waals surface area contributed by atoms with Crippen LogP contribution < -0.4 is 5.32 Å². The van der Waals surface area contributed by atoms with Gasteiger partial charge in [0.05, 0.1) is 5.69 Å². The van der Waals surface area contributed by atoms with E-state index in [1.54, 1.807) is 24.1 Å². The third kappa shape index (κ3) is 3.29. The summed E-state index contributed by atoms with van der Waals surface area (Å²) in [4.78, 5) is 4.14. The zero-order valence-corrected chi connectivity index (χ0v) is 10.6. The normalized spacial score (nSPS) is 10.7. The molecule has 1 N–H and O–H groups in total. The third-order valence-corrected chi connectivity index (χ3v) is 2.63. The summed E-state index contributed by atoms with van der Waals surface area (Å²) in [5.41, 5.74) is 0.519. The van der Waals surface area contributed by atoms with Gasteiger partial charge in [-0.2, -0.15) is 0 Å². The smallest absolute Gasteiger partial charge is 0.207 e. The quantitative estimate of drug-likeness (QED) is 0.818. The number of aromatic nitrogens is 2. The van der Waals surface area contributed by atoms with Gasteiger partial charge >= 0.3 is 0 Å². The van der Waals surface area contributed by atoms with Crippen LogP contribution >= 0.6 is 0 Å². The summed E-state index contributed by atoms with van der Waals surface area (Å²) in [7, 11) is 1.64. The van der Waals surface area contributed by atoms with E-state index < -0.39 is 11.6 Å². The van der Waals surface area contributed by atoms with Crippen molar-refractivity contribution < 1.29 is 13.5 Å². The van der Waals surface area contributed by atoms with Crippen molar-refractivity contribution in [1.82, 2.24) is 9.55 Å². The van der Waals surface area contributed by atoms with Crippen molar-refractivity contribution in [2.75, 3.05) is 25.6 Å². The van der Waals surface area contributed by atoms with Crippen molar-refractivity contribution >= 4 is 5.95 Å². The van der Waals surface area contributed by atoms with Gasteiger partial charge in [-0.25, -0.2) is 13.8 Å². The molecule has 1 heterocycles. The van der Waals surface area contributed by atoms with Crippen LogP contribution in [-0.2, 0) is 4.74 Å². The molecule has 0 fully saturated rings. The molecule has 1 aromatic carbocycles. The largest absolute Gasteiger partial charge is 0.385 e. The molecule has 1 aromatic heterocycles. The number of imidazole rings is 1. The zero-order valence-electron chi connectivity index (χ0n) is 10.6. The summed E-state index contributed by atoms with van der Waals surface area (Å²) >= 11 is 0. The summed E-state index contributed by atoms with van der Waals surface area (Å²) < 4.78 is 32.7. The number of benzene rings is 1. The first-order valence-corrected chi connectivity index (χ1v) is 5.94. The highest BCUT2D eigenvalue weighted by Gasteiger charge is 2.07. The second-order valence-electron chi connectivity index (χ2n) is 3.99. The topological polar surface area (TPSA) is 39.1 Å². The maximum Gasteiger partial charge on any atom is 0.207 e. The van der Waals surface area contributed by atoms with Crippen LogP contribution in [0.15, 0.2) is 30.6 Å². The Bertz CT molecular complexity index is 542. The fraction of sp³-hybridized carbons (Fsp3) is 0.308. The number of nitrogens with zero attached hydrogens (tertiary/aromatic N) is 2. The van der Waals surface area contributed by atoms with Gasteiger partial charge in [0.1, 0.15) is 0 Å². The number of halogens is 2. The number of hydrogen-bond donors (Lipinski definition) is 1. The van der Waals surface area contributed by atoms with Gasteiger partial charge in [0.15, 0.2) is 11.6 Å². The van der Waals surface area contributed by atoms with E-state index >= 15 is 0 Å². The SMILES string of the molecule is COCCCNc1nccn1-c1ccc(F)c(F)c1. The molecule has 0 atom stereocenters. The molecule has 4 nitrogen and oxygen atoms in total. The van der Waals surface area contributed by atoms with Gasteiger partial charge < -0.3 is 10.1 Å². The molecule has 0 aliphatic rings. The predicted molar refractivity (Wildman–Crippen MR) is 68.5 cm³/mol. The highest BCUT2D eigenvalue weighted by Crippen LogP contribution is 2.17. The van der Waals surface area contributed by atoms with Crippen LogP contribution in [0.2, 0.25) is 0 Å². The summed E-state index contributed by atoms with van der Waals surface area (Å²) in [6.45, 7) is 1.34. The van der Waals surface area contributed by atoms with Crippen LogP contribution in [-0.4, -0.2) is 29.8 Å². The zero-order chi connectivity index (χ0) is 13.7. The highest BCUT2D eigenvalue weighted by molar-refractivity contribution is 5.42. The van der Waals surface area contributed by atoms with E-state index in [-0.39, 0.29) is 0 Å². The first-order chi connectivity index (χ1) is 9.22. The van der Waals surface area contributed by atoms with Crippen LogP contribution in [0.3, 0.4) is 0 Å². The van der Waals surface area contributed by atoms with Crippen LogP contribution in [0.1, 0.15) is 6.42 Å². The molecule has 0 saturated carbocycles. The Kier molecular flexibility index (Phi) is 4.46. The second kappa shape index (κ2) is 6.29. The first kappa shape index (κ1) is 13.5. The van der Waals surface area contributed by atoms with Crippen molar-refractivity contribution in [3.63, 3.8) is 0 Å². The average Bonchev–Trinajstić information content (AvgIpc) is 2.86. The van der Waals surface area contributed by atoms with Crippen molar-refractivity contribution in [3.8, 4) is 5.69 Å². The molecule has 102 valence electrons. The Balaban J connectivity index is 2.12. The molecule has 0 bridgehead atoms. The van der Waals surface area contributed by atoms with Crippen LogP contribution in [0.4, 0.5) is 14.7 Å². The van der Waals surface area contributed by atoms with Gasteiger partial charge in [0, 0.05) is 38.7 Å². The maximum atomic E-state index is 13.2. The number of anilines is 1. The van der Waals surface area contributed by atoms with Gasteiger partial charge in [0.2, 0.25) is 5.95 Å². The lowest BCUT2D eigenvalue weighted by Gasteiger charge is -2.10. The van der Waals surface area contributed by atoms with Crippen LogP contribution in [0.5, 0.6) is 0 Å². The monoisotopic (exact) mass is 267 g/mol. The van der Waals surface area contributed by atoms with E-state index in [1.807, 2.05) is 0 Å². The van der Waals surface area contributed by atoms with Gasteiger partial charge in [-0.15, -0.1) is 0 Å². The van der Waals surface area contributed by atoms with Crippen LogP contribution in [0, 0.1) is 11.6 Å². The minimum absolute atomic E-state index is 0.519. The van der Waals surface area contributed by atoms with Crippen molar-refractivity contribution in [2.24, 2.45) is 0 Å². The van der Waals surface area contributed by atoms with E-state index in [1.165, 1.54) is 6.07 Å². The number of methoxy groups -OCH3 is 1. The summed E-state index contributed by atoms with van der Waals surface area (Å²) in [5.74, 6) is -1.16. The fourth-order valence-corrected chi connectivity index (χ4v) is 1.69. The lowest BCUT2D eigenvalue weighted by Crippen LogP contribution is -2.09. The molecule has 0 amide bonds. The predicted octanol–water partition coefficient (Wildman–Crippen LogP) is 2.60. The molecular formula is C13H15F2N3O. The molecule has 2 rings (SSSR count). The lowest BCUT2D eigenvalue weighted by atomic mass is 10.3. The first-order valence-electron chi connectivity index (χ1n) is 5.94. The molecule has 19 heavy (non-hydrogen) atoms. The number of rotatable bonds is 6. The highest BCUT2D eigenvalue weighted by atomic mass is 19.2. The van der Waals surface area contributed by atoms with Crippen molar-refractivity contribution in [3.05, 3.63) is 42.2 Å². The van der Waals surface area contributed by atoms with Gasteiger partial charge in [-0.05, 0) is 18.6 Å². The van der Waals surface area contributed by atoms with Gasteiger partial charge in [-0.3, -0.25) is 4.57 Å². The molecule has 0 spiro atoms.